The van der Waals surface area contributed by atoms with Crippen molar-refractivity contribution in [3.05, 3.63) is 72.3 Å². The zero-order chi connectivity index (χ0) is 20.2. The maximum atomic E-state index is 11.3. The minimum absolute atomic E-state index is 0.197. The lowest BCUT2D eigenvalue weighted by Gasteiger charge is -2.06. The topological polar surface area (TPSA) is 61.0 Å². The van der Waals surface area contributed by atoms with Crippen molar-refractivity contribution < 1.29 is 18.8 Å². The predicted octanol–water partition coefficient (Wildman–Crippen LogP) is 5.56. The van der Waals surface area contributed by atoms with Crippen LogP contribution in [-0.2, 0) is 14.4 Å². The van der Waals surface area contributed by atoms with Crippen molar-refractivity contribution >= 4 is 33.6 Å². The number of oxime groups is 1. The summed E-state index contributed by atoms with van der Waals surface area (Å²) in [5.74, 6) is -0.432. The van der Waals surface area contributed by atoms with Gasteiger partial charge in [-0.2, -0.15) is 0 Å². The summed E-state index contributed by atoms with van der Waals surface area (Å²) in [5, 5.41) is 6.21. The highest BCUT2D eigenvalue weighted by Gasteiger charge is 2.12. The summed E-state index contributed by atoms with van der Waals surface area (Å²) >= 11 is 0. The number of furan rings is 1. The third kappa shape index (κ3) is 3.85. The highest BCUT2D eigenvalue weighted by Crippen LogP contribution is 2.35. The average Bonchev–Trinajstić information content (AvgIpc) is 3.13. The lowest BCUT2D eigenvalue weighted by molar-refractivity contribution is -0.148. The average molecular weight is 387 g/mol. The molecule has 5 nitrogen and oxygen atoms in total. The Kier molecular flexibility index (Phi) is 5.29. The molecular weight excluding hydrogens is 366 g/mol. The molecule has 0 fully saturated rings. The van der Waals surface area contributed by atoms with Gasteiger partial charge in [0.1, 0.15) is 11.2 Å². The first-order valence-electron chi connectivity index (χ1n) is 9.50. The number of benzene rings is 3. The third-order valence-corrected chi connectivity index (χ3v) is 4.71. The van der Waals surface area contributed by atoms with Gasteiger partial charge in [-0.15, -0.1) is 0 Å². The number of para-hydroxylation sites is 2. The summed E-state index contributed by atoms with van der Waals surface area (Å²) in [6.07, 6.45) is 0. The van der Waals surface area contributed by atoms with Crippen molar-refractivity contribution in [3.63, 3.8) is 0 Å². The summed E-state index contributed by atoms with van der Waals surface area (Å²) in [4.78, 5) is 16.4. The Morgan fingerprint density at radius 2 is 1.72 bits per heavy atom. The molecule has 0 amide bonds. The fraction of sp³-hybridized carbons (Fsp3) is 0.167. The predicted molar refractivity (Wildman–Crippen MR) is 114 cm³/mol. The summed E-state index contributed by atoms with van der Waals surface area (Å²) in [6.45, 7) is 3.71. The number of carbonyl (C=O) groups excluding carboxylic acids is 1. The van der Waals surface area contributed by atoms with Crippen LogP contribution in [0, 0.1) is 0 Å². The Hall–Kier alpha value is -3.60. The number of rotatable bonds is 6. The van der Waals surface area contributed by atoms with Crippen molar-refractivity contribution in [3.8, 4) is 11.1 Å². The molecule has 29 heavy (non-hydrogen) atoms. The fourth-order valence-electron chi connectivity index (χ4n) is 3.30. The summed E-state index contributed by atoms with van der Waals surface area (Å²) in [7, 11) is 0. The molecule has 4 aromatic rings. The van der Waals surface area contributed by atoms with E-state index in [2.05, 4.69) is 23.4 Å². The lowest BCUT2D eigenvalue weighted by Crippen LogP contribution is -2.11. The van der Waals surface area contributed by atoms with E-state index in [0.29, 0.717) is 12.3 Å². The van der Waals surface area contributed by atoms with Crippen molar-refractivity contribution in [2.45, 2.75) is 13.8 Å². The van der Waals surface area contributed by atoms with E-state index in [1.54, 1.807) is 6.92 Å². The standard InChI is InChI=1S/C24H21NO4/c1-3-27-23(26)15-28-25-16(2)17-11-13-18(14-12-17)19-8-6-9-21-20-7-4-5-10-22(20)29-24(19)21/h4-14H,3,15H2,1-2H3. The van der Waals surface area contributed by atoms with Crippen LogP contribution in [0.5, 0.6) is 0 Å². The molecule has 4 rings (SSSR count). The van der Waals surface area contributed by atoms with Gasteiger partial charge in [0.15, 0.2) is 0 Å². The Morgan fingerprint density at radius 3 is 2.52 bits per heavy atom. The summed E-state index contributed by atoms with van der Waals surface area (Å²) in [6, 6.07) is 22.2. The molecule has 1 heterocycles. The highest BCUT2D eigenvalue weighted by atomic mass is 16.7. The van der Waals surface area contributed by atoms with Crippen LogP contribution in [0.2, 0.25) is 0 Å². The van der Waals surface area contributed by atoms with Gasteiger partial charge >= 0.3 is 5.97 Å². The Bertz CT molecular complexity index is 1190. The van der Waals surface area contributed by atoms with Crippen LogP contribution in [0.15, 0.2) is 76.3 Å². The molecule has 3 aromatic carbocycles. The van der Waals surface area contributed by atoms with E-state index in [0.717, 1.165) is 38.6 Å². The maximum Gasteiger partial charge on any atom is 0.347 e. The van der Waals surface area contributed by atoms with E-state index >= 15 is 0 Å². The largest absolute Gasteiger partial charge is 0.463 e. The first-order valence-corrected chi connectivity index (χ1v) is 9.50. The van der Waals surface area contributed by atoms with Crippen LogP contribution < -0.4 is 0 Å². The van der Waals surface area contributed by atoms with Crippen LogP contribution in [0.25, 0.3) is 33.1 Å². The molecular formula is C24H21NO4. The van der Waals surface area contributed by atoms with E-state index in [-0.39, 0.29) is 6.61 Å². The third-order valence-electron chi connectivity index (χ3n) is 4.71. The molecule has 146 valence electrons. The second-order valence-electron chi connectivity index (χ2n) is 6.61. The van der Waals surface area contributed by atoms with Gasteiger partial charge in [-0.25, -0.2) is 4.79 Å². The molecule has 0 spiro atoms. The maximum absolute atomic E-state index is 11.3. The SMILES string of the molecule is CCOC(=O)CON=C(C)c1ccc(-c2cccc3c2oc2ccccc23)cc1. The van der Waals surface area contributed by atoms with Crippen LogP contribution in [-0.4, -0.2) is 24.9 Å². The minimum Gasteiger partial charge on any atom is -0.463 e. The van der Waals surface area contributed by atoms with E-state index < -0.39 is 5.97 Å². The van der Waals surface area contributed by atoms with Gasteiger partial charge in [0.05, 0.1) is 12.3 Å². The van der Waals surface area contributed by atoms with Gasteiger partial charge in [0, 0.05) is 16.3 Å². The Morgan fingerprint density at radius 1 is 0.966 bits per heavy atom. The molecule has 0 radical (unpaired) electrons. The van der Waals surface area contributed by atoms with Crippen molar-refractivity contribution in [2.75, 3.05) is 13.2 Å². The fourth-order valence-corrected chi connectivity index (χ4v) is 3.30. The van der Waals surface area contributed by atoms with Crippen LogP contribution in [0.3, 0.4) is 0 Å². The quantitative estimate of drug-likeness (QED) is 0.247. The zero-order valence-electron chi connectivity index (χ0n) is 16.3. The number of esters is 1. The second kappa shape index (κ2) is 8.19. The van der Waals surface area contributed by atoms with E-state index in [4.69, 9.17) is 14.0 Å². The molecule has 0 bridgehead atoms. The molecule has 0 saturated carbocycles. The number of hydrogen-bond acceptors (Lipinski definition) is 5. The van der Waals surface area contributed by atoms with E-state index in [1.807, 2.05) is 55.5 Å². The molecule has 0 aliphatic heterocycles. The van der Waals surface area contributed by atoms with Crippen LogP contribution in [0.4, 0.5) is 0 Å². The molecule has 0 aliphatic rings. The Labute approximate surface area is 168 Å². The van der Waals surface area contributed by atoms with Gasteiger partial charge in [-0.05, 0) is 31.0 Å². The highest BCUT2D eigenvalue weighted by molar-refractivity contribution is 6.09. The second-order valence-corrected chi connectivity index (χ2v) is 6.61. The Balaban J connectivity index is 1.59. The molecule has 0 aliphatic carbocycles. The monoisotopic (exact) mass is 387 g/mol. The summed E-state index contributed by atoms with van der Waals surface area (Å²) in [5.41, 5.74) is 5.45. The summed E-state index contributed by atoms with van der Waals surface area (Å²) < 4.78 is 10.9. The molecule has 0 atom stereocenters. The minimum atomic E-state index is -0.432. The molecule has 0 N–H and O–H groups in total. The van der Waals surface area contributed by atoms with Crippen LogP contribution >= 0.6 is 0 Å². The molecule has 0 unspecified atom stereocenters. The lowest BCUT2D eigenvalue weighted by atomic mass is 10.0. The number of carbonyl (C=O) groups is 1. The zero-order valence-corrected chi connectivity index (χ0v) is 16.3. The first kappa shape index (κ1) is 18.7. The number of ether oxygens (including phenoxy) is 1. The van der Waals surface area contributed by atoms with Gasteiger partial charge in [0.25, 0.3) is 0 Å². The van der Waals surface area contributed by atoms with Gasteiger partial charge < -0.3 is 14.0 Å². The molecule has 1 aromatic heterocycles. The normalized spacial score (nSPS) is 11.7. The van der Waals surface area contributed by atoms with Crippen molar-refractivity contribution in [1.29, 1.82) is 0 Å². The first-order chi connectivity index (χ1) is 14.2. The van der Waals surface area contributed by atoms with Gasteiger partial charge in [0.2, 0.25) is 6.61 Å². The van der Waals surface area contributed by atoms with Crippen LogP contribution in [0.1, 0.15) is 19.4 Å². The number of fused-ring (bicyclic) bond motifs is 3. The van der Waals surface area contributed by atoms with Crippen molar-refractivity contribution in [2.24, 2.45) is 5.16 Å². The van der Waals surface area contributed by atoms with Gasteiger partial charge in [-0.1, -0.05) is 65.8 Å². The van der Waals surface area contributed by atoms with Crippen molar-refractivity contribution in [1.82, 2.24) is 0 Å². The number of nitrogens with zero attached hydrogens (tertiary/aromatic N) is 1. The van der Waals surface area contributed by atoms with Gasteiger partial charge in [-0.3, -0.25) is 0 Å². The van der Waals surface area contributed by atoms with E-state index in [9.17, 15) is 4.79 Å². The van der Waals surface area contributed by atoms with E-state index in [1.165, 1.54) is 0 Å². The molecule has 0 saturated heterocycles. The number of hydrogen-bond donors (Lipinski definition) is 0. The smallest absolute Gasteiger partial charge is 0.347 e. The molecule has 5 heteroatoms.